The molecule has 0 aromatic heterocycles. The second-order valence-electron chi connectivity index (χ2n) is 6.92. The summed E-state index contributed by atoms with van der Waals surface area (Å²) >= 11 is 3.46. The summed E-state index contributed by atoms with van der Waals surface area (Å²) < 4.78 is 6.73. The SMILES string of the molecule is O=C(COc1ccc2cc(Br)ccc2c1)N1CCN(C(=O)C2CC2)CC1. The van der Waals surface area contributed by atoms with Crippen molar-refractivity contribution in [3.63, 3.8) is 0 Å². The van der Waals surface area contributed by atoms with E-state index in [1.807, 2.05) is 41.3 Å². The van der Waals surface area contributed by atoms with Gasteiger partial charge in [0.05, 0.1) is 0 Å². The van der Waals surface area contributed by atoms with Gasteiger partial charge in [-0.2, -0.15) is 0 Å². The van der Waals surface area contributed by atoms with E-state index in [0.717, 1.165) is 28.1 Å². The maximum atomic E-state index is 12.4. The van der Waals surface area contributed by atoms with E-state index in [2.05, 4.69) is 15.9 Å². The van der Waals surface area contributed by atoms with Gasteiger partial charge in [-0.1, -0.05) is 28.1 Å². The van der Waals surface area contributed by atoms with Gasteiger partial charge in [0.1, 0.15) is 5.75 Å². The molecule has 0 spiro atoms. The minimum Gasteiger partial charge on any atom is -0.484 e. The van der Waals surface area contributed by atoms with E-state index in [4.69, 9.17) is 4.74 Å². The molecule has 0 N–H and O–H groups in total. The normalized spacial score (nSPS) is 17.4. The van der Waals surface area contributed by atoms with E-state index in [1.54, 1.807) is 4.90 Å². The zero-order chi connectivity index (χ0) is 18.1. The van der Waals surface area contributed by atoms with Crippen LogP contribution in [0.1, 0.15) is 12.8 Å². The fraction of sp³-hybridized carbons (Fsp3) is 0.400. The average Bonchev–Trinajstić information content (AvgIpc) is 3.51. The number of amides is 2. The number of carbonyl (C=O) groups is 2. The number of benzene rings is 2. The van der Waals surface area contributed by atoms with Gasteiger partial charge >= 0.3 is 0 Å². The number of carbonyl (C=O) groups excluding carboxylic acids is 2. The molecule has 1 aliphatic heterocycles. The number of nitrogens with zero attached hydrogens (tertiary/aromatic N) is 2. The van der Waals surface area contributed by atoms with Crippen LogP contribution in [0.2, 0.25) is 0 Å². The highest BCUT2D eigenvalue weighted by Gasteiger charge is 2.35. The molecule has 1 aliphatic carbocycles. The molecule has 2 amide bonds. The van der Waals surface area contributed by atoms with Gasteiger partial charge in [0.2, 0.25) is 5.91 Å². The van der Waals surface area contributed by atoms with Gasteiger partial charge in [-0.25, -0.2) is 0 Å². The Morgan fingerprint density at radius 1 is 0.962 bits per heavy atom. The zero-order valence-corrected chi connectivity index (χ0v) is 16.1. The zero-order valence-electron chi connectivity index (χ0n) is 14.5. The number of halogens is 1. The maximum absolute atomic E-state index is 12.4. The number of hydrogen-bond acceptors (Lipinski definition) is 3. The Bertz CT molecular complexity index is 842. The van der Waals surface area contributed by atoms with Gasteiger partial charge in [0.25, 0.3) is 5.91 Å². The number of hydrogen-bond donors (Lipinski definition) is 0. The molecule has 0 unspecified atom stereocenters. The van der Waals surface area contributed by atoms with E-state index >= 15 is 0 Å². The van der Waals surface area contributed by atoms with Crippen LogP contribution in [0.25, 0.3) is 10.8 Å². The lowest BCUT2D eigenvalue weighted by Gasteiger charge is -2.34. The first-order valence-electron chi connectivity index (χ1n) is 8.99. The lowest BCUT2D eigenvalue weighted by atomic mass is 10.1. The first-order valence-corrected chi connectivity index (χ1v) is 9.78. The minimum atomic E-state index is -0.0283. The van der Waals surface area contributed by atoms with Gasteiger partial charge in [-0.05, 0) is 47.9 Å². The summed E-state index contributed by atoms with van der Waals surface area (Å²) in [4.78, 5) is 28.1. The standard InChI is InChI=1S/C20H21BrN2O3/c21-17-5-3-16-12-18(6-4-15(16)11-17)26-13-19(24)22-7-9-23(10-8-22)20(25)14-1-2-14/h3-6,11-12,14H,1-2,7-10,13H2. The molecule has 1 saturated heterocycles. The van der Waals surface area contributed by atoms with E-state index in [9.17, 15) is 9.59 Å². The first kappa shape index (κ1) is 17.3. The molecule has 1 heterocycles. The first-order chi connectivity index (χ1) is 12.6. The Hall–Kier alpha value is -2.08. The lowest BCUT2D eigenvalue weighted by molar-refractivity contribution is -0.141. The van der Waals surface area contributed by atoms with Crippen LogP contribution in [-0.4, -0.2) is 54.4 Å². The Labute approximate surface area is 161 Å². The average molecular weight is 417 g/mol. The molecule has 0 radical (unpaired) electrons. The van der Waals surface area contributed by atoms with Crippen LogP contribution in [0.5, 0.6) is 5.75 Å². The molecule has 26 heavy (non-hydrogen) atoms. The summed E-state index contributed by atoms with van der Waals surface area (Å²) in [6.07, 6.45) is 2.04. The van der Waals surface area contributed by atoms with Crippen molar-refractivity contribution in [2.75, 3.05) is 32.8 Å². The predicted octanol–water partition coefficient (Wildman–Crippen LogP) is 3.06. The third-order valence-corrected chi connectivity index (χ3v) is 5.50. The highest BCUT2D eigenvalue weighted by molar-refractivity contribution is 9.10. The second kappa shape index (κ2) is 7.27. The molecule has 2 fully saturated rings. The number of rotatable bonds is 4. The van der Waals surface area contributed by atoms with Crippen LogP contribution in [0.3, 0.4) is 0 Å². The van der Waals surface area contributed by atoms with Crippen molar-refractivity contribution < 1.29 is 14.3 Å². The minimum absolute atomic E-state index is 0.0264. The van der Waals surface area contributed by atoms with Gasteiger partial charge in [0.15, 0.2) is 6.61 Å². The highest BCUT2D eigenvalue weighted by atomic mass is 79.9. The van der Waals surface area contributed by atoms with Gasteiger partial charge in [-0.15, -0.1) is 0 Å². The molecule has 4 rings (SSSR count). The molecule has 1 saturated carbocycles. The van der Waals surface area contributed by atoms with Gasteiger partial charge in [-0.3, -0.25) is 9.59 Å². The van der Waals surface area contributed by atoms with Gasteiger partial charge in [0, 0.05) is 36.6 Å². The second-order valence-corrected chi connectivity index (χ2v) is 7.84. The van der Waals surface area contributed by atoms with Gasteiger partial charge < -0.3 is 14.5 Å². The molecular formula is C20H21BrN2O3. The molecule has 6 heteroatoms. The van der Waals surface area contributed by atoms with E-state index in [-0.39, 0.29) is 24.3 Å². The molecule has 136 valence electrons. The van der Waals surface area contributed by atoms with E-state index in [0.29, 0.717) is 31.9 Å². The Morgan fingerprint density at radius 3 is 2.35 bits per heavy atom. The summed E-state index contributed by atoms with van der Waals surface area (Å²) in [7, 11) is 0. The van der Waals surface area contributed by atoms with Crippen molar-refractivity contribution in [2.24, 2.45) is 5.92 Å². The van der Waals surface area contributed by atoms with Crippen LogP contribution >= 0.6 is 15.9 Å². The molecular weight excluding hydrogens is 396 g/mol. The van der Waals surface area contributed by atoms with Crippen LogP contribution in [0.15, 0.2) is 40.9 Å². The Balaban J connectivity index is 1.30. The van der Waals surface area contributed by atoms with Crippen LogP contribution in [0.4, 0.5) is 0 Å². The summed E-state index contributed by atoms with van der Waals surface area (Å²) in [5.41, 5.74) is 0. The summed E-state index contributed by atoms with van der Waals surface area (Å²) in [5, 5.41) is 2.19. The third-order valence-electron chi connectivity index (χ3n) is 5.01. The summed E-state index contributed by atoms with van der Waals surface area (Å²) in [6, 6.07) is 11.9. The lowest BCUT2D eigenvalue weighted by Crippen LogP contribution is -2.52. The summed E-state index contributed by atoms with van der Waals surface area (Å²) in [6.45, 7) is 2.47. The third kappa shape index (κ3) is 3.85. The molecule has 2 aromatic rings. The maximum Gasteiger partial charge on any atom is 0.260 e. The van der Waals surface area contributed by atoms with Crippen molar-refractivity contribution in [1.29, 1.82) is 0 Å². The van der Waals surface area contributed by atoms with E-state index < -0.39 is 0 Å². The quantitative estimate of drug-likeness (QED) is 0.769. The van der Waals surface area contributed by atoms with E-state index in [1.165, 1.54) is 0 Å². The van der Waals surface area contributed by atoms with Crippen molar-refractivity contribution in [3.8, 4) is 5.75 Å². The van der Waals surface area contributed by atoms with Crippen molar-refractivity contribution in [1.82, 2.24) is 9.80 Å². The predicted molar refractivity (Wildman–Crippen MR) is 103 cm³/mol. The van der Waals surface area contributed by atoms with Crippen molar-refractivity contribution >= 4 is 38.5 Å². The summed E-state index contributed by atoms with van der Waals surface area (Å²) in [5.74, 6) is 1.17. The highest BCUT2D eigenvalue weighted by Crippen LogP contribution is 2.31. The van der Waals surface area contributed by atoms with Crippen molar-refractivity contribution in [2.45, 2.75) is 12.8 Å². The Kier molecular flexibility index (Phi) is 4.85. The molecule has 2 aromatic carbocycles. The molecule has 5 nitrogen and oxygen atoms in total. The van der Waals surface area contributed by atoms with Crippen LogP contribution < -0.4 is 4.74 Å². The topological polar surface area (TPSA) is 49.9 Å². The van der Waals surface area contributed by atoms with Crippen LogP contribution in [-0.2, 0) is 9.59 Å². The Morgan fingerprint density at radius 2 is 1.62 bits per heavy atom. The molecule has 0 atom stereocenters. The number of fused-ring (bicyclic) bond motifs is 1. The van der Waals surface area contributed by atoms with Crippen molar-refractivity contribution in [3.05, 3.63) is 40.9 Å². The number of piperazine rings is 1. The monoisotopic (exact) mass is 416 g/mol. The number of ether oxygens (including phenoxy) is 1. The fourth-order valence-corrected chi connectivity index (χ4v) is 3.66. The molecule has 0 bridgehead atoms. The molecule has 2 aliphatic rings. The largest absolute Gasteiger partial charge is 0.484 e. The smallest absolute Gasteiger partial charge is 0.260 e. The van der Waals surface area contributed by atoms with Crippen LogP contribution in [0, 0.1) is 5.92 Å². The fourth-order valence-electron chi connectivity index (χ4n) is 3.29.